The van der Waals surface area contributed by atoms with Crippen LogP contribution in [0.25, 0.3) is 55.7 Å². The largest absolute Gasteiger partial charge is 0.492 e. The molecule has 0 saturated carbocycles. The summed E-state index contributed by atoms with van der Waals surface area (Å²) in [5, 5.41) is 9.32. The third-order valence-electron chi connectivity index (χ3n) is 9.04. The first-order valence-electron chi connectivity index (χ1n) is 15.9. The molecule has 0 radical (unpaired) electrons. The quantitative estimate of drug-likeness (QED) is 0.182. The number of rotatable bonds is 9. The van der Waals surface area contributed by atoms with Gasteiger partial charge in [0.25, 0.3) is 5.92 Å². The van der Waals surface area contributed by atoms with E-state index in [1.54, 1.807) is 29.7 Å². The van der Waals surface area contributed by atoms with Crippen LogP contribution in [0.15, 0.2) is 67.3 Å². The third kappa shape index (κ3) is 6.18. The SMILES string of the molecule is Fc1cc(OCCN2CCCC2)cc(-c2ccnc3[nH]c(-c4n[nH]c5cnc(-c6cncc(CN7CCC(F)(F)C7)c6)cc45)cc23)c1. The predicted octanol–water partition coefficient (Wildman–Crippen LogP) is 6.68. The van der Waals surface area contributed by atoms with Crippen LogP contribution in [0.4, 0.5) is 13.2 Å². The number of pyridine rings is 3. The average molecular weight is 639 g/mol. The van der Waals surface area contributed by atoms with Crippen molar-refractivity contribution >= 4 is 21.9 Å². The third-order valence-corrected chi connectivity index (χ3v) is 9.04. The van der Waals surface area contributed by atoms with E-state index in [2.05, 4.69) is 35.0 Å². The lowest BCUT2D eigenvalue weighted by atomic mass is 10.0. The summed E-state index contributed by atoms with van der Waals surface area (Å²) in [6.45, 7) is 4.01. The van der Waals surface area contributed by atoms with E-state index >= 15 is 0 Å². The van der Waals surface area contributed by atoms with E-state index in [0.717, 1.165) is 58.3 Å². The molecule has 2 N–H and O–H groups in total. The topological polar surface area (TPSA) is 98.8 Å². The zero-order valence-corrected chi connectivity index (χ0v) is 25.6. The first kappa shape index (κ1) is 29.6. The second-order valence-corrected chi connectivity index (χ2v) is 12.5. The predicted molar refractivity (Wildman–Crippen MR) is 174 cm³/mol. The summed E-state index contributed by atoms with van der Waals surface area (Å²) in [5.74, 6) is -2.51. The Labute approximate surface area is 268 Å². The Hall–Kier alpha value is -4.81. The molecule has 7 heterocycles. The van der Waals surface area contributed by atoms with Crippen LogP contribution >= 0.6 is 0 Å². The van der Waals surface area contributed by atoms with Crippen molar-refractivity contribution in [3.8, 4) is 39.5 Å². The summed E-state index contributed by atoms with van der Waals surface area (Å²) >= 11 is 0. The minimum atomic E-state index is -2.64. The van der Waals surface area contributed by atoms with Crippen molar-refractivity contribution < 1.29 is 17.9 Å². The molecular weight excluding hydrogens is 605 g/mol. The van der Waals surface area contributed by atoms with Gasteiger partial charge in [-0.15, -0.1) is 0 Å². The lowest BCUT2D eigenvalue weighted by molar-refractivity contribution is 0.0115. The Morgan fingerprint density at radius 3 is 2.64 bits per heavy atom. The van der Waals surface area contributed by atoms with E-state index in [-0.39, 0.29) is 18.8 Å². The van der Waals surface area contributed by atoms with Crippen molar-refractivity contribution in [2.75, 3.05) is 39.3 Å². The minimum absolute atomic E-state index is 0.122. The molecule has 9 nitrogen and oxygen atoms in total. The van der Waals surface area contributed by atoms with E-state index in [0.29, 0.717) is 48.0 Å². The first-order valence-corrected chi connectivity index (χ1v) is 15.9. The number of likely N-dealkylation sites (tertiary alicyclic amines) is 2. The number of nitrogens with zero attached hydrogens (tertiary/aromatic N) is 6. The summed E-state index contributed by atoms with van der Waals surface area (Å²) in [6.07, 6.45) is 9.15. The molecular formula is C35H33F3N8O. The highest BCUT2D eigenvalue weighted by molar-refractivity contribution is 6.00. The summed E-state index contributed by atoms with van der Waals surface area (Å²) in [5.41, 5.74) is 6.66. The zero-order valence-electron chi connectivity index (χ0n) is 25.6. The van der Waals surface area contributed by atoms with Crippen LogP contribution in [0.2, 0.25) is 0 Å². The first-order chi connectivity index (χ1) is 22.9. The molecule has 2 saturated heterocycles. The summed E-state index contributed by atoms with van der Waals surface area (Å²) in [6, 6.07) is 12.5. The van der Waals surface area contributed by atoms with E-state index in [4.69, 9.17) is 4.74 Å². The van der Waals surface area contributed by atoms with Crippen LogP contribution in [0, 0.1) is 5.82 Å². The smallest absolute Gasteiger partial charge is 0.261 e. The maximum Gasteiger partial charge on any atom is 0.261 e. The number of fused-ring (bicyclic) bond motifs is 2. The van der Waals surface area contributed by atoms with Gasteiger partial charge in [-0.25, -0.2) is 18.2 Å². The van der Waals surface area contributed by atoms with Crippen molar-refractivity contribution in [2.45, 2.75) is 31.7 Å². The molecule has 12 heteroatoms. The maximum atomic E-state index is 14.8. The number of hydrogen-bond acceptors (Lipinski definition) is 7. The van der Waals surface area contributed by atoms with Crippen molar-refractivity contribution in [3.63, 3.8) is 0 Å². The molecule has 2 aliphatic heterocycles. The van der Waals surface area contributed by atoms with Crippen LogP contribution in [0.1, 0.15) is 24.8 Å². The Kier molecular flexibility index (Phi) is 7.61. The lowest BCUT2D eigenvalue weighted by Gasteiger charge is -2.15. The van der Waals surface area contributed by atoms with E-state index in [9.17, 15) is 13.2 Å². The van der Waals surface area contributed by atoms with Gasteiger partial charge in [0, 0.05) is 67.0 Å². The van der Waals surface area contributed by atoms with Crippen LogP contribution < -0.4 is 4.74 Å². The monoisotopic (exact) mass is 638 g/mol. The molecule has 0 unspecified atom stereocenters. The molecule has 1 aromatic carbocycles. The standard InChI is InChI=1S/C35H33F3N8O/c36-25-12-23(13-26(14-25)47-10-9-45-6-1-2-7-45)27-3-5-40-34-28(27)15-31(42-34)33-29-16-30(41-19-32(29)43-44-33)24-11-22(17-39-18-24)20-46-8-4-35(37,38)21-46/h3,5,11-19H,1-2,4,6-10,20-21H2,(H,40,42)(H,43,44). The van der Waals surface area contributed by atoms with Crippen molar-refractivity contribution in [1.29, 1.82) is 0 Å². The number of hydrogen-bond donors (Lipinski definition) is 2. The fraction of sp³-hybridized carbons (Fsp3) is 0.314. The Morgan fingerprint density at radius 1 is 0.894 bits per heavy atom. The van der Waals surface area contributed by atoms with Crippen LogP contribution in [-0.4, -0.2) is 85.2 Å². The van der Waals surface area contributed by atoms with Gasteiger partial charge < -0.3 is 9.72 Å². The molecule has 2 fully saturated rings. The van der Waals surface area contributed by atoms with Gasteiger partial charge in [0.15, 0.2) is 0 Å². The van der Waals surface area contributed by atoms with Crippen molar-refractivity contribution in [3.05, 3.63) is 78.6 Å². The maximum absolute atomic E-state index is 14.8. The van der Waals surface area contributed by atoms with E-state index in [1.165, 1.54) is 25.0 Å². The zero-order chi connectivity index (χ0) is 32.0. The van der Waals surface area contributed by atoms with Crippen LogP contribution in [0.3, 0.4) is 0 Å². The number of benzene rings is 1. The van der Waals surface area contributed by atoms with Gasteiger partial charge in [0.2, 0.25) is 0 Å². The molecule has 47 heavy (non-hydrogen) atoms. The highest BCUT2D eigenvalue weighted by Gasteiger charge is 2.38. The Balaban J connectivity index is 1.08. The number of aromatic amines is 2. The molecule has 0 atom stereocenters. The Morgan fingerprint density at radius 2 is 1.79 bits per heavy atom. The number of nitrogens with one attached hydrogen (secondary N) is 2. The molecule has 8 rings (SSSR count). The number of halogens is 3. The lowest BCUT2D eigenvalue weighted by Crippen LogP contribution is -2.25. The highest BCUT2D eigenvalue weighted by Crippen LogP contribution is 2.36. The molecule has 0 bridgehead atoms. The second kappa shape index (κ2) is 12.1. The van der Waals surface area contributed by atoms with Gasteiger partial charge in [0.1, 0.15) is 29.5 Å². The number of alkyl halides is 2. The molecule has 6 aromatic rings. The van der Waals surface area contributed by atoms with Crippen molar-refractivity contribution in [2.24, 2.45) is 0 Å². The fourth-order valence-corrected chi connectivity index (χ4v) is 6.70. The Bertz CT molecular complexity index is 2070. The second-order valence-electron chi connectivity index (χ2n) is 12.5. The summed E-state index contributed by atoms with van der Waals surface area (Å²) < 4.78 is 48.2. The molecule has 240 valence electrons. The van der Waals surface area contributed by atoms with Gasteiger partial charge in [-0.05, 0) is 79.0 Å². The minimum Gasteiger partial charge on any atom is -0.492 e. The van der Waals surface area contributed by atoms with Gasteiger partial charge in [-0.1, -0.05) is 0 Å². The molecule has 0 spiro atoms. The normalized spacial score (nSPS) is 16.9. The summed E-state index contributed by atoms with van der Waals surface area (Å²) in [4.78, 5) is 21.0. The van der Waals surface area contributed by atoms with E-state index in [1.807, 2.05) is 30.3 Å². The van der Waals surface area contributed by atoms with E-state index < -0.39 is 5.92 Å². The average Bonchev–Trinajstić information content (AvgIpc) is 3.87. The van der Waals surface area contributed by atoms with Gasteiger partial charge in [-0.3, -0.25) is 24.9 Å². The number of aromatic nitrogens is 6. The highest BCUT2D eigenvalue weighted by atomic mass is 19.3. The summed E-state index contributed by atoms with van der Waals surface area (Å²) in [7, 11) is 0. The molecule has 0 aliphatic carbocycles. The van der Waals surface area contributed by atoms with Gasteiger partial charge in [-0.2, -0.15) is 5.10 Å². The fourth-order valence-electron chi connectivity index (χ4n) is 6.70. The van der Waals surface area contributed by atoms with Crippen molar-refractivity contribution in [1.82, 2.24) is 39.9 Å². The van der Waals surface area contributed by atoms with Crippen LogP contribution in [-0.2, 0) is 6.54 Å². The molecule has 2 aliphatic rings. The molecule has 5 aromatic heterocycles. The number of ether oxygens (including phenoxy) is 1. The van der Waals surface area contributed by atoms with Gasteiger partial charge >= 0.3 is 0 Å². The molecule has 0 amide bonds. The van der Waals surface area contributed by atoms with Gasteiger partial charge in [0.05, 0.1) is 29.6 Å². The van der Waals surface area contributed by atoms with Crippen LogP contribution in [0.5, 0.6) is 5.75 Å². The number of H-pyrrole nitrogens is 2.